The zero-order valence-electron chi connectivity index (χ0n) is 11.7. The van der Waals surface area contributed by atoms with E-state index in [9.17, 15) is 9.59 Å². The summed E-state index contributed by atoms with van der Waals surface area (Å²) in [5.74, 6) is 0.657. The number of unbranched alkanes of at least 4 members (excludes halogenated alkanes) is 1. The summed E-state index contributed by atoms with van der Waals surface area (Å²) in [6, 6.07) is 0. The molecule has 2 rings (SSSR count). The number of hydrogen-bond donors (Lipinski definition) is 1. The highest BCUT2D eigenvalue weighted by Crippen LogP contribution is 2.05. The van der Waals surface area contributed by atoms with Crippen molar-refractivity contribution in [2.24, 2.45) is 0 Å². The number of aromatic amines is 1. The van der Waals surface area contributed by atoms with E-state index in [0.717, 1.165) is 19.3 Å². The van der Waals surface area contributed by atoms with E-state index in [1.807, 2.05) is 13.8 Å². The highest BCUT2D eigenvalue weighted by Gasteiger charge is 2.15. The summed E-state index contributed by atoms with van der Waals surface area (Å²) in [5.41, 5.74) is 0.393. The Bertz CT molecular complexity index is 693. The number of hydrogen-bond acceptors (Lipinski definition) is 3. The first-order chi connectivity index (χ1) is 9.10. The topological polar surface area (TPSA) is 72.7 Å². The molecule has 19 heavy (non-hydrogen) atoms. The second kappa shape index (κ2) is 5.42. The van der Waals surface area contributed by atoms with E-state index >= 15 is 0 Å². The summed E-state index contributed by atoms with van der Waals surface area (Å²) in [6.45, 7) is 6.86. The highest BCUT2D eigenvalue weighted by atomic mass is 16.2. The second-order valence-electron chi connectivity index (χ2n) is 4.77. The molecule has 6 heteroatoms. The Hall–Kier alpha value is -1.85. The van der Waals surface area contributed by atoms with Gasteiger partial charge in [0.15, 0.2) is 5.65 Å². The smallest absolute Gasteiger partial charge is 0.332 e. The predicted octanol–water partition coefficient (Wildman–Crippen LogP) is 1.40. The molecule has 6 nitrogen and oxygen atoms in total. The first kappa shape index (κ1) is 13.6. The van der Waals surface area contributed by atoms with E-state index in [-0.39, 0.29) is 11.2 Å². The normalized spacial score (nSPS) is 11.3. The maximum Gasteiger partial charge on any atom is 0.332 e. The van der Waals surface area contributed by atoms with Crippen LogP contribution < -0.4 is 11.2 Å². The minimum Gasteiger partial charge on any atom is -0.336 e. The molecule has 1 N–H and O–H groups in total. The Morgan fingerprint density at radius 3 is 2.47 bits per heavy atom. The molecule has 0 radical (unpaired) electrons. The maximum absolute atomic E-state index is 12.4. The van der Waals surface area contributed by atoms with Crippen LogP contribution in [0.4, 0.5) is 0 Å². The third kappa shape index (κ3) is 2.34. The van der Waals surface area contributed by atoms with Gasteiger partial charge in [-0.3, -0.25) is 13.9 Å². The number of nitrogens with one attached hydrogen (secondary N) is 1. The van der Waals surface area contributed by atoms with Gasteiger partial charge in [-0.05, 0) is 19.8 Å². The van der Waals surface area contributed by atoms with Crippen molar-refractivity contribution in [2.75, 3.05) is 0 Å². The van der Waals surface area contributed by atoms with Gasteiger partial charge in [0.05, 0.1) is 0 Å². The monoisotopic (exact) mass is 264 g/mol. The number of aromatic nitrogens is 4. The van der Waals surface area contributed by atoms with Gasteiger partial charge in [-0.25, -0.2) is 9.78 Å². The van der Waals surface area contributed by atoms with Crippen molar-refractivity contribution >= 4 is 11.2 Å². The average molecular weight is 264 g/mol. The van der Waals surface area contributed by atoms with Crippen molar-refractivity contribution in [1.82, 2.24) is 19.1 Å². The molecule has 0 bridgehead atoms. The summed E-state index contributed by atoms with van der Waals surface area (Å²) in [6.07, 6.45) is 2.59. The van der Waals surface area contributed by atoms with Crippen LogP contribution in [0, 0.1) is 6.92 Å². The first-order valence-corrected chi connectivity index (χ1v) is 6.80. The lowest BCUT2D eigenvalue weighted by Gasteiger charge is -2.09. The lowest BCUT2D eigenvalue weighted by atomic mass is 10.3. The Balaban J connectivity index is 2.75. The van der Waals surface area contributed by atoms with E-state index in [1.165, 1.54) is 4.57 Å². The Labute approximate surface area is 111 Å². The average Bonchev–Trinajstić information content (AvgIpc) is 2.76. The predicted molar refractivity (Wildman–Crippen MR) is 74.5 cm³/mol. The van der Waals surface area contributed by atoms with E-state index in [2.05, 4.69) is 9.97 Å². The number of rotatable bonds is 5. The molecule has 0 fully saturated rings. The van der Waals surface area contributed by atoms with Crippen molar-refractivity contribution in [1.29, 1.82) is 0 Å². The zero-order valence-corrected chi connectivity index (χ0v) is 11.7. The molecule has 0 saturated heterocycles. The summed E-state index contributed by atoms with van der Waals surface area (Å²) in [4.78, 5) is 31.9. The van der Waals surface area contributed by atoms with Crippen LogP contribution in [0.3, 0.4) is 0 Å². The minimum atomic E-state index is -0.263. The molecule has 2 heterocycles. The van der Waals surface area contributed by atoms with E-state index in [4.69, 9.17) is 0 Å². The van der Waals surface area contributed by atoms with Gasteiger partial charge in [0.25, 0.3) is 5.56 Å². The summed E-state index contributed by atoms with van der Waals surface area (Å²) in [7, 11) is 0. The molecule has 0 aliphatic rings. The van der Waals surface area contributed by atoms with Crippen LogP contribution in [-0.4, -0.2) is 19.1 Å². The molecule has 0 aliphatic heterocycles. The molecular weight excluding hydrogens is 244 g/mol. The van der Waals surface area contributed by atoms with Gasteiger partial charge in [-0.15, -0.1) is 0 Å². The van der Waals surface area contributed by atoms with Crippen LogP contribution in [0.5, 0.6) is 0 Å². The van der Waals surface area contributed by atoms with Gasteiger partial charge in [0.1, 0.15) is 11.3 Å². The van der Waals surface area contributed by atoms with Gasteiger partial charge in [0.2, 0.25) is 0 Å². The Morgan fingerprint density at radius 2 is 1.84 bits per heavy atom. The van der Waals surface area contributed by atoms with E-state index in [0.29, 0.717) is 30.1 Å². The summed E-state index contributed by atoms with van der Waals surface area (Å²) >= 11 is 0. The van der Waals surface area contributed by atoms with Crippen LogP contribution >= 0.6 is 0 Å². The fourth-order valence-electron chi connectivity index (χ4n) is 2.22. The minimum absolute atomic E-state index is 0.251. The van der Waals surface area contributed by atoms with Crippen molar-refractivity contribution in [3.8, 4) is 0 Å². The quantitative estimate of drug-likeness (QED) is 0.887. The largest absolute Gasteiger partial charge is 0.336 e. The number of fused-ring (bicyclic) bond motifs is 1. The third-order valence-corrected chi connectivity index (χ3v) is 3.16. The van der Waals surface area contributed by atoms with Gasteiger partial charge >= 0.3 is 5.69 Å². The molecule has 0 atom stereocenters. The lowest BCUT2D eigenvalue weighted by Crippen LogP contribution is -2.40. The van der Waals surface area contributed by atoms with Gasteiger partial charge < -0.3 is 4.98 Å². The number of aryl methyl sites for hydroxylation is 2. The fourth-order valence-corrected chi connectivity index (χ4v) is 2.22. The van der Waals surface area contributed by atoms with Gasteiger partial charge in [-0.1, -0.05) is 20.3 Å². The number of H-pyrrole nitrogens is 1. The molecule has 0 amide bonds. The lowest BCUT2D eigenvalue weighted by molar-refractivity contribution is 0.539. The van der Waals surface area contributed by atoms with Gasteiger partial charge in [-0.2, -0.15) is 0 Å². The van der Waals surface area contributed by atoms with Crippen LogP contribution in [-0.2, 0) is 13.1 Å². The van der Waals surface area contributed by atoms with Crippen molar-refractivity contribution in [2.45, 2.75) is 53.1 Å². The van der Waals surface area contributed by atoms with Crippen LogP contribution in [0.2, 0.25) is 0 Å². The maximum atomic E-state index is 12.4. The SMILES string of the molecule is CCCCn1c(=O)c2[nH]c(C)nc2n(CCC)c1=O. The molecule has 2 aromatic heterocycles. The van der Waals surface area contributed by atoms with E-state index < -0.39 is 0 Å². The summed E-state index contributed by atoms with van der Waals surface area (Å²) < 4.78 is 2.91. The molecular formula is C13H20N4O2. The standard InChI is InChI=1S/C13H20N4O2/c1-4-6-8-17-12(18)10-11(15-9(3)14-10)16(7-5-2)13(17)19/h4-8H2,1-3H3,(H,14,15). The van der Waals surface area contributed by atoms with Crippen molar-refractivity contribution < 1.29 is 0 Å². The fraction of sp³-hybridized carbons (Fsp3) is 0.615. The number of imidazole rings is 1. The molecule has 0 unspecified atom stereocenters. The van der Waals surface area contributed by atoms with Crippen molar-refractivity contribution in [3.05, 3.63) is 26.7 Å². The molecule has 0 aliphatic carbocycles. The Morgan fingerprint density at radius 1 is 1.11 bits per heavy atom. The van der Waals surface area contributed by atoms with Crippen LogP contribution in [0.1, 0.15) is 38.9 Å². The van der Waals surface area contributed by atoms with E-state index in [1.54, 1.807) is 11.5 Å². The van der Waals surface area contributed by atoms with Crippen molar-refractivity contribution in [3.63, 3.8) is 0 Å². The molecule has 104 valence electrons. The highest BCUT2D eigenvalue weighted by molar-refractivity contribution is 5.69. The molecule has 2 aromatic rings. The number of nitrogens with zero attached hydrogens (tertiary/aromatic N) is 3. The first-order valence-electron chi connectivity index (χ1n) is 6.80. The third-order valence-electron chi connectivity index (χ3n) is 3.16. The Kier molecular flexibility index (Phi) is 3.87. The molecule has 0 saturated carbocycles. The second-order valence-corrected chi connectivity index (χ2v) is 4.77. The zero-order chi connectivity index (χ0) is 14.0. The molecule has 0 spiro atoms. The van der Waals surface area contributed by atoms with Crippen LogP contribution in [0.15, 0.2) is 9.59 Å². The van der Waals surface area contributed by atoms with Crippen LogP contribution in [0.25, 0.3) is 11.2 Å². The summed E-state index contributed by atoms with van der Waals surface area (Å²) in [5, 5.41) is 0. The molecule has 0 aromatic carbocycles. The van der Waals surface area contributed by atoms with Gasteiger partial charge in [0, 0.05) is 13.1 Å².